The summed E-state index contributed by atoms with van der Waals surface area (Å²) < 4.78 is 5.35. The van der Waals surface area contributed by atoms with Crippen LogP contribution in [-0.2, 0) is 4.74 Å². The number of nitrogens with one attached hydrogen (secondary N) is 1. The van der Waals surface area contributed by atoms with E-state index in [1.807, 2.05) is 13.8 Å². The number of aromatic amines is 1. The van der Waals surface area contributed by atoms with Crippen LogP contribution in [-0.4, -0.2) is 49.6 Å². The molecule has 0 aliphatic carbocycles. The first-order valence-electron chi connectivity index (χ1n) is 5.73. The Hall–Kier alpha value is -1.18. The van der Waals surface area contributed by atoms with Gasteiger partial charge in [0, 0.05) is 5.75 Å². The van der Waals surface area contributed by atoms with E-state index in [0.29, 0.717) is 18.0 Å². The zero-order valence-electron chi connectivity index (χ0n) is 10.3. The van der Waals surface area contributed by atoms with Gasteiger partial charge in [-0.3, -0.25) is 0 Å². The summed E-state index contributed by atoms with van der Waals surface area (Å²) in [6.07, 6.45) is 2.68. The summed E-state index contributed by atoms with van der Waals surface area (Å²) in [6, 6.07) is 0. The van der Waals surface area contributed by atoms with Crippen LogP contribution in [0.2, 0.25) is 0 Å². The van der Waals surface area contributed by atoms with Crippen molar-refractivity contribution < 1.29 is 9.84 Å². The molecule has 0 fully saturated rings. The minimum absolute atomic E-state index is 0.128. The third kappa shape index (κ3) is 3.41. The number of H-pyrrole nitrogens is 1. The first-order chi connectivity index (χ1) is 8.66. The van der Waals surface area contributed by atoms with Gasteiger partial charge in [0.25, 0.3) is 0 Å². The molecule has 0 amide bonds. The zero-order chi connectivity index (χ0) is 13.0. The van der Waals surface area contributed by atoms with Crippen molar-refractivity contribution in [3.63, 3.8) is 0 Å². The maximum Gasteiger partial charge on any atom is 0.181 e. The van der Waals surface area contributed by atoms with Gasteiger partial charge in [-0.25, -0.2) is 15.0 Å². The second-order valence-electron chi connectivity index (χ2n) is 4.13. The van der Waals surface area contributed by atoms with Gasteiger partial charge in [0.15, 0.2) is 5.65 Å². The average Bonchev–Trinajstić information content (AvgIpc) is 2.82. The third-order valence-electron chi connectivity index (χ3n) is 2.22. The van der Waals surface area contributed by atoms with Gasteiger partial charge in [0.05, 0.1) is 25.1 Å². The van der Waals surface area contributed by atoms with Crippen molar-refractivity contribution in [2.24, 2.45) is 0 Å². The van der Waals surface area contributed by atoms with E-state index >= 15 is 0 Å². The molecule has 0 saturated heterocycles. The standard InChI is InChI=1S/C11H16N4O2S/c1-7(2)17-3-8(16)4-18-11-9-10(13-5-12-9)14-6-15-11/h5-8,16H,3-4H2,1-2H3,(H,12,13,14,15). The lowest BCUT2D eigenvalue weighted by atomic mass is 10.4. The lowest BCUT2D eigenvalue weighted by molar-refractivity contribution is 0.0152. The Bertz CT molecular complexity index is 503. The molecular formula is C11H16N4O2S. The summed E-state index contributed by atoms with van der Waals surface area (Å²) in [6.45, 7) is 4.22. The number of fused-ring (bicyclic) bond motifs is 1. The summed E-state index contributed by atoms with van der Waals surface area (Å²) in [7, 11) is 0. The molecule has 0 spiro atoms. The molecule has 6 nitrogen and oxygen atoms in total. The van der Waals surface area contributed by atoms with Crippen molar-refractivity contribution in [1.29, 1.82) is 0 Å². The van der Waals surface area contributed by atoms with E-state index in [9.17, 15) is 5.11 Å². The molecule has 18 heavy (non-hydrogen) atoms. The normalized spacial score (nSPS) is 13.3. The van der Waals surface area contributed by atoms with Crippen LogP contribution in [0.1, 0.15) is 13.8 Å². The molecule has 2 aromatic heterocycles. The zero-order valence-corrected chi connectivity index (χ0v) is 11.1. The van der Waals surface area contributed by atoms with E-state index in [4.69, 9.17) is 4.74 Å². The molecular weight excluding hydrogens is 252 g/mol. The van der Waals surface area contributed by atoms with E-state index in [1.54, 1.807) is 6.33 Å². The molecule has 1 unspecified atom stereocenters. The fourth-order valence-corrected chi connectivity index (χ4v) is 2.24. The van der Waals surface area contributed by atoms with Crippen LogP contribution in [0.3, 0.4) is 0 Å². The highest BCUT2D eigenvalue weighted by Crippen LogP contribution is 2.22. The summed E-state index contributed by atoms with van der Waals surface area (Å²) in [5.41, 5.74) is 1.44. The molecule has 98 valence electrons. The van der Waals surface area contributed by atoms with Gasteiger partial charge in [-0.15, -0.1) is 11.8 Å². The number of hydrogen-bond donors (Lipinski definition) is 2. The van der Waals surface area contributed by atoms with Crippen molar-refractivity contribution in [3.05, 3.63) is 12.7 Å². The lowest BCUT2D eigenvalue weighted by Crippen LogP contribution is -2.20. The number of nitrogens with zero attached hydrogens (tertiary/aromatic N) is 3. The molecule has 1 atom stereocenters. The van der Waals surface area contributed by atoms with E-state index in [0.717, 1.165) is 10.5 Å². The van der Waals surface area contributed by atoms with Crippen LogP contribution in [0.5, 0.6) is 0 Å². The molecule has 7 heteroatoms. The number of rotatable bonds is 6. The topological polar surface area (TPSA) is 83.9 Å². The molecule has 2 N–H and O–H groups in total. The third-order valence-corrected chi connectivity index (χ3v) is 3.36. The Morgan fingerprint density at radius 1 is 1.39 bits per heavy atom. The van der Waals surface area contributed by atoms with Crippen LogP contribution >= 0.6 is 11.8 Å². The molecule has 2 heterocycles. The van der Waals surface area contributed by atoms with Crippen molar-refractivity contribution in [3.8, 4) is 0 Å². The molecule has 0 bridgehead atoms. The van der Waals surface area contributed by atoms with Crippen LogP contribution in [0.4, 0.5) is 0 Å². The van der Waals surface area contributed by atoms with Gasteiger partial charge < -0.3 is 14.8 Å². The predicted octanol–water partition coefficient (Wildman–Crippen LogP) is 1.23. The first-order valence-corrected chi connectivity index (χ1v) is 6.72. The van der Waals surface area contributed by atoms with Crippen molar-refractivity contribution in [1.82, 2.24) is 19.9 Å². The van der Waals surface area contributed by atoms with E-state index < -0.39 is 6.10 Å². The summed E-state index contributed by atoms with van der Waals surface area (Å²) in [5, 5.41) is 10.6. The van der Waals surface area contributed by atoms with Gasteiger partial charge in [-0.1, -0.05) is 0 Å². The molecule has 0 aliphatic heterocycles. The van der Waals surface area contributed by atoms with Crippen molar-refractivity contribution in [2.75, 3.05) is 12.4 Å². The largest absolute Gasteiger partial charge is 0.390 e. The van der Waals surface area contributed by atoms with Gasteiger partial charge >= 0.3 is 0 Å². The van der Waals surface area contributed by atoms with Crippen LogP contribution < -0.4 is 0 Å². The van der Waals surface area contributed by atoms with Gasteiger partial charge in [0.1, 0.15) is 16.9 Å². The molecule has 0 aliphatic rings. The second-order valence-corrected chi connectivity index (χ2v) is 5.14. The first kappa shape index (κ1) is 13.3. The Labute approximate surface area is 109 Å². The number of hydrogen-bond acceptors (Lipinski definition) is 6. The quantitative estimate of drug-likeness (QED) is 0.605. The highest BCUT2D eigenvalue weighted by molar-refractivity contribution is 7.99. The van der Waals surface area contributed by atoms with Crippen molar-refractivity contribution >= 4 is 22.9 Å². The van der Waals surface area contributed by atoms with Crippen LogP contribution in [0.15, 0.2) is 17.7 Å². The number of aliphatic hydroxyl groups excluding tert-OH is 1. The summed E-state index contributed by atoms with van der Waals surface area (Å²) >= 11 is 1.46. The van der Waals surface area contributed by atoms with Gasteiger partial charge in [-0.05, 0) is 13.8 Å². The molecule has 2 aromatic rings. The molecule has 0 aromatic carbocycles. The molecule has 2 rings (SSSR count). The maximum atomic E-state index is 9.77. The minimum Gasteiger partial charge on any atom is -0.390 e. The van der Waals surface area contributed by atoms with Crippen LogP contribution in [0, 0.1) is 0 Å². The number of aromatic nitrogens is 4. The van der Waals surface area contributed by atoms with Crippen molar-refractivity contribution in [2.45, 2.75) is 31.1 Å². The monoisotopic (exact) mass is 268 g/mol. The summed E-state index contributed by atoms with van der Waals surface area (Å²) in [5.74, 6) is 0.526. The Morgan fingerprint density at radius 3 is 3.00 bits per heavy atom. The number of aliphatic hydroxyl groups is 1. The Kier molecular flexibility index (Phi) is 4.51. The number of thioether (sulfide) groups is 1. The SMILES string of the molecule is CC(C)OCC(O)CSc1ncnc2nc[nH]c12. The highest BCUT2D eigenvalue weighted by Gasteiger charge is 2.10. The number of imidazole rings is 1. The highest BCUT2D eigenvalue weighted by atomic mass is 32.2. The second kappa shape index (κ2) is 6.12. The molecule has 0 radical (unpaired) electrons. The minimum atomic E-state index is -0.509. The Morgan fingerprint density at radius 2 is 2.22 bits per heavy atom. The van der Waals surface area contributed by atoms with Gasteiger partial charge in [-0.2, -0.15) is 0 Å². The maximum absolute atomic E-state index is 9.77. The smallest absolute Gasteiger partial charge is 0.181 e. The Balaban J connectivity index is 1.91. The summed E-state index contributed by atoms with van der Waals surface area (Å²) in [4.78, 5) is 15.3. The van der Waals surface area contributed by atoms with E-state index in [2.05, 4.69) is 19.9 Å². The van der Waals surface area contributed by atoms with Crippen LogP contribution in [0.25, 0.3) is 11.2 Å². The van der Waals surface area contributed by atoms with E-state index in [-0.39, 0.29) is 6.10 Å². The van der Waals surface area contributed by atoms with Gasteiger partial charge in [0.2, 0.25) is 0 Å². The van der Waals surface area contributed by atoms with E-state index in [1.165, 1.54) is 18.1 Å². The fourth-order valence-electron chi connectivity index (χ4n) is 1.38. The molecule has 0 saturated carbocycles. The average molecular weight is 268 g/mol. The lowest BCUT2D eigenvalue weighted by Gasteiger charge is -2.12. The fraction of sp³-hybridized carbons (Fsp3) is 0.545. The predicted molar refractivity (Wildman–Crippen MR) is 69.5 cm³/mol. The number of ether oxygens (including phenoxy) is 1.